The van der Waals surface area contributed by atoms with Crippen LogP contribution in [-0.2, 0) is 6.54 Å². The zero-order chi connectivity index (χ0) is 21.4. The molecule has 0 N–H and O–H groups in total. The minimum Gasteiger partial charge on any atom is -0.292 e. The Morgan fingerprint density at radius 2 is 1.74 bits per heavy atom. The number of hydrogen-bond donors (Lipinski definition) is 0. The van der Waals surface area contributed by atoms with Gasteiger partial charge in [0.25, 0.3) is 5.69 Å². The highest BCUT2D eigenvalue weighted by atomic mass is 16.6. The summed E-state index contributed by atoms with van der Waals surface area (Å²) in [6.07, 6.45) is 5.82. The van der Waals surface area contributed by atoms with Crippen molar-refractivity contribution < 1.29 is 4.92 Å². The van der Waals surface area contributed by atoms with Crippen LogP contribution in [0.4, 0.5) is 5.69 Å². The van der Waals surface area contributed by atoms with E-state index in [0.717, 1.165) is 29.2 Å². The Kier molecular flexibility index (Phi) is 4.98. The number of benzene rings is 3. The third-order valence-corrected chi connectivity index (χ3v) is 6.39. The van der Waals surface area contributed by atoms with E-state index in [2.05, 4.69) is 4.98 Å². The molecule has 1 aliphatic carbocycles. The molecule has 6 nitrogen and oxygen atoms in total. The maximum absolute atomic E-state index is 13.2. The van der Waals surface area contributed by atoms with Crippen molar-refractivity contribution in [2.24, 2.45) is 5.92 Å². The largest absolute Gasteiger partial charge is 0.348 e. The summed E-state index contributed by atoms with van der Waals surface area (Å²) in [5.41, 5.74) is 1.72. The molecule has 0 bridgehead atoms. The van der Waals surface area contributed by atoms with Crippen LogP contribution in [0.3, 0.4) is 0 Å². The molecular formula is C25H23N3O3. The van der Waals surface area contributed by atoms with E-state index in [-0.39, 0.29) is 11.4 Å². The number of nitro groups is 1. The molecule has 0 unspecified atom stereocenters. The molecule has 1 fully saturated rings. The van der Waals surface area contributed by atoms with Gasteiger partial charge in [0.2, 0.25) is 0 Å². The van der Waals surface area contributed by atoms with E-state index >= 15 is 0 Å². The smallest absolute Gasteiger partial charge is 0.292 e. The highest BCUT2D eigenvalue weighted by Crippen LogP contribution is 2.34. The van der Waals surface area contributed by atoms with E-state index in [0.29, 0.717) is 29.1 Å². The van der Waals surface area contributed by atoms with Crippen LogP contribution in [-0.4, -0.2) is 14.5 Å². The van der Waals surface area contributed by atoms with Gasteiger partial charge in [0.15, 0.2) is 0 Å². The third kappa shape index (κ3) is 3.58. The average molecular weight is 413 g/mol. The zero-order valence-electron chi connectivity index (χ0n) is 17.2. The Hall–Kier alpha value is -3.54. The Labute approximate surface area is 179 Å². The highest BCUT2D eigenvalue weighted by Gasteiger charge is 2.20. The van der Waals surface area contributed by atoms with E-state index in [1.54, 1.807) is 16.7 Å². The van der Waals surface area contributed by atoms with Crippen LogP contribution in [0.15, 0.2) is 65.5 Å². The van der Waals surface area contributed by atoms with Gasteiger partial charge in [0.05, 0.1) is 16.1 Å². The molecular weight excluding hydrogens is 390 g/mol. The number of fused-ring (bicyclic) bond motifs is 2. The van der Waals surface area contributed by atoms with Crippen LogP contribution in [0, 0.1) is 16.0 Å². The fourth-order valence-corrected chi connectivity index (χ4v) is 4.82. The predicted octanol–water partition coefficient (Wildman–Crippen LogP) is 5.71. The van der Waals surface area contributed by atoms with Crippen LogP contribution in [0.5, 0.6) is 0 Å². The summed E-state index contributed by atoms with van der Waals surface area (Å²) in [6, 6.07) is 18.5. The van der Waals surface area contributed by atoms with E-state index in [1.165, 1.54) is 25.3 Å². The van der Waals surface area contributed by atoms with Crippen molar-refractivity contribution in [2.75, 3.05) is 0 Å². The van der Waals surface area contributed by atoms with E-state index < -0.39 is 4.92 Å². The Bertz CT molecular complexity index is 1350. The van der Waals surface area contributed by atoms with Crippen molar-refractivity contribution in [1.29, 1.82) is 0 Å². The molecule has 1 heterocycles. The van der Waals surface area contributed by atoms with E-state index in [1.807, 2.05) is 42.5 Å². The van der Waals surface area contributed by atoms with Gasteiger partial charge in [-0.15, -0.1) is 0 Å². The summed E-state index contributed by atoms with van der Waals surface area (Å²) >= 11 is 0. The fourth-order valence-electron chi connectivity index (χ4n) is 4.82. The molecule has 31 heavy (non-hydrogen) atoms. The second kappa shape index (κ2) is 7.95. The molecule has 1 aliphatic rings. The summed E-state index contributed by atoms with van der Waals surface area (Å²) in [5, 5.41) is 14.1. The summed E-state index contributed by atoms with van der Waals surface area (Å²) in [5.74, 6) is 0.440. The first kappa shape index (κ1) is 19.4. The number of hydrogen-bond acceptors (Lipinski definition) is 4. The predicted molar refractivity (Wildman–Crippen MR) is 122 cm³/mol. The number of rotatable bonds is 4. The summed E-state index contributed by atoms with van der Waals surface area (Å²) in [4.78, 5) is 28.7. The van der Waals surface area contributed by atoms with Crippen molar-refractivity contribution in [3.8, 4) is 11.3 Å². The Balaban J connectivity index is 1.76. The second-order valence-corrected chi connectivity index (χ2v) is 8.34. The van der Waals surface area contributed by atoms with Gasteiger partial charge in [-0.1, -0.05) is 61.7 Å². The molecule has 0 aliphatic heterocycles. The molecule has 1 saturated carbocycles. The number of aromatic nitrogens is 2. The second-order valence-electron chi connectivity index (χ2n) is 8.34. The van der Waals surface area contributed by atoms with Gasteiger partial charge in [0, 0.05) is 29.6 Å². The van der Waals surface area contributed by atoms with E-state index in [4.69, 9.17) is 0 Å². The lowest BCUT2D eigenvalue weighted by Gasteiger charge is -2.23. The first-order valence-corrected chi connectivity index (χ1v) is 10.8. The molecule has 0 saturated heterocycles. The molecule has 5 rings (SSSR count). The molecule has 4 aromatic rings. The van der Waals surface area contributed by atoms with Crippen LogP contribution >= 0.6 is 0 Å². The SMILES string of the molecule is O=c1nc(-c2cccc3ccccc23)c2cc([N+](=O)[O-])ccc2n1CC1CCCCC1. The lowest BCUT2D eigenvalue weighted by atomic mass is 9.89. The Morgan fingerprint density at radius 3 is 2.55 bits per heavy atom. The molecule has 0 atom stereocenters. The van der Waals surface area contributed by atoms with Crippen molar-refractivity contribution in [2.45, 2.75) is 38.6 Å². The van der Waals surface area contributed by atoms with Crippen LogP contribution in [0.25, 0.3) is 32.9 Å². The van der Waals surface area contributed by atoms with Crippen LogP contribution in [0.2, 0.25) is 0 Å². The molecule has 3 aromatic carbocycles. The molecule has 156 valence electrons. The molecule has 0 radical (unpaired) electrons. The maximum Gasteiger partial charge on any atom is 0.348 e. The summed E-state index contributed by atoms with van der Waals surface area (Å²) < 4.78 is 1.71. The van der Waals surface area contributed by atoms with Crippen molar-refractivity contribution in [3.05, 3.63) is 81.3 Å². The van der Waals surface area contributed by atoms with Gasteiger partial charge in [-0.2, -0.15) is 4.98 Å². The van der Waals surface area contributed by atoms with Crippen LogP contribution in [0.1, 0.15) is 32.1 Å². The molecule has 6 heteroatoms. The van der Waals surface area contributed by atoms with Crippen molar-refractivity contribution in [3.63, 3.8) is 0 Å². The van der Waals surface area contributed by atoms with Gasteiger partial charge >= 0.3 is 5.69 Å². The summed E-state index contributed by atoms with van der Waals surface area (Å²) in [6.45, 7) is 0.607. The quantitative estimate of drug-likeness (QED) is 0.317. The van der Waals surface area contributed by atoms with Crippen LogP contribution < -0.4 is 5.69 Å². The van der Waals surface area contributed by atoms with Gasteiger partial charge in [-0.25, -0.2) is 4.79 Å². The number of nitro benzene ring substituents is 1. The highest BCUT2D eigenvalue weighted by molar-refractivity contribution is 6.03. The standard InChI is InChI=1S/C25H23N3O3/c29-25-26-24(21-12-6-10-18-9-4-5-11-20(18)21)22-15-19(28(30)31)13-14-23(22)27(25)16-17-7-2-1-3-8-17/h4-6,9-15,17H,1-3,7-8,16H2. The average Bonchev–Trinajstić information content (AvgIpc) is 2.80. The minimum absolute atomic E-state index is 0.00125. The first-order valence-electron chi connectivity index (χ1n) is 10.8. The lowest BCUT2D eigenvalue weighted by Crippen LogP contribution is -2.28. The van der Waals surface area contributed by atoms with Gasteiger partial charge in [-0.05, 0) is 35.6 Å². The Morgan fingerprint density at radius 1 is 0.968 bits per heavy atom. The molecule has 0 amide bonds. The van der Waals surface area contributed by atoms with Gasteiger partial charge < -0.3 is 0 Å². The number of non-ortho nitro benzene ring substituents is 1. The third-order valence-electron chi connectivity index (χ3n) is 6.39. The van der Waals surface area contributed by atoms with Gasteiger partial charge in [-0.3, -0.25) is 14.7 Å². The zero-order valence-corrected chi connectivity index (χ0v) is 17.2. The topological polar surface area (TPSA) is 78.0 Å². The monoisotopic (exact) mass is 413 g/mol. The first-order chi connectivity index (χ1) is 15.1. The molecule has 0 spiro atoms. The summed E-state index contributed by atoms with van der Waals surface area (Å²) in [7, 11) is 0. The van der Waals surface area contributed by atoms with Crippen molar-refractivity contribution in [1.82, 2.24) is 9.55 Å². The molecule has 1 aromatic heterocycles. The lowest BCUT2D eigenvalue weighted by molar-refractivity contribution is -0.384. The minimum atomic E-state index is -0.400. The normalized spacial score (nSPS) is 14.8. The number of nitrogens with zero attached hydrogens (tertiary/aromatic N) is 3. The van der Waals surface area contributed by atoms with Gasteiger partial charge in [0.1, 0.15) is 0 Å². The maximum atomic E-state index is 13.2. The van der Waals surface area contributed by atoms with E-state index in [9.17, 15) is 14.9 Å². The fraction of sp³-hybridized carbons (Fsp3) is 0.280. The van der Waals surface area contributed by atoms with Crippen molar-refractivity contribution >= 4 is 27.4 Å².